The van der Waals surface area contributed by atoms with Crippen LogP contribution in [0.25, 0.3) is 0 Å². The van der Waals surface area contributed by atoms with Crippen molar-refractivity contribution < 1.29 is 19.1 Å². The summed E-state index contributed by atoms with van der Waals surface area (Å²) in [6.45, 7) is 2.42. The largest absolute Gasteiger partial charge is 0.493 e. The molecule has 6 heteroatoms. The Kier molecular flexibility index (Phi) is 5.30. The van der Waals surface area contributed by atoms with Gasteiger partial charge in [0.2, 0.25) is 5.91 Å². The van der Waals surface area contributed by atoms with Gasteiger partial charge < -0.3 is 14.8 Å². The van der Waals surface area contributed by atoms with Gasteiger partial charge in [-0.05, 0) is 74.6 Å². The first-order chi connectivity index (χ1) is 13.4. The molecule has 5 nitrogen and oxygen atoms in total. The molecule has 4 saturated carbocycles. The second kappa shape index (κ2) is 7.58. The highest BCUT2D eigenvalue weighted by Gasteiger charge is 2.61. The maximum Gasteiger partial charge on any atom is 0.312 e. The summed E-state index contributed by atoms with van der Waals surface area (Å²) in [5.74, 6) is 1.73. The molecule has 1 amide bonds. The van der Waals surface area contributed by atoms with Crippen molar-refractivity contribution in [3.63, 3.8) is 0 Å². The van der Waals surface area contributed by atoms with E-state index in [9.17, 15) is 9.59 Å². The Hall–Kier alpha value is -1.75. The Morgan fingerprint density at radius 1 is 1.11 bits per heavy atom. The summed E-state index contributed by atoms with van der Waals surface area (Å²) in [6.07, 6.45) is 6.39. The van der Waals surface area contributed by atoms with Crippen LogP contribution in [0.3, 0.4) is 0 Å². The van der Waals surface area contributed by atoms with Crippen molar-refractivity contribution in [3.05, 3.63) is 29.3 Å². The third-order valence-electron chi connectivity index (χ3n) is 6.54. The summed E-state index contributed by atoms with van der Waals surface area (Å²) in [6, 6.07) is 7.22. The van der Waals surface area contributed by atoms with E-state index in [0.29, 0.717) is 36.5 Å². The minimum atomic E-state index is -0.413. The van der Waals surface area contributed by atoms with Crippen molar-refractivity contribution in [2.45, 2.75) is 57.4 Å². The quantitative estimate of drug-likeness (QED) is 0.547. The Labute approximate surface area is 171 Å². The smallest absolute Gasteiger partial charge is 0.312 e. The predicted molar refractivity (Wildman–Crippen MR) is 106 cm³/mol. The lowest BCUT2D eigenvalue weighted by molar-refractivity contribution is -0.176. The molecule has 2 unspecified atom stereocenters. The van der Waals surface area contributed by atoms with E-state index in [-0.39, 0.29) is 17.4 Å². The molecular formula is C22H28ClNO4. The highest BCUT2D eigenvalue weighted by molar-refractivity contribution is 6.30. The number of carbonyl (C=O) groups is 2. The molecule has 4 aliphatic carbocycles. The zero-order valence-corrected chi connectivity index (χ0v) is 17.1. The van der Waals surface area contributed by atoms with Gasteiger partial charge in [-0.1, -0.05) is 11.6 Å². The molecule has 1 aromatic rings. The number of hydrogen-bond acceptors (Lipinski definition) is 4. The van der Waals surface area contributed by atoms with Gasteiger partial charge in [-0.15, -0.1) is 0 Å². The minimum Gasteiger partial charge on any atom is -0.493 e. The molecule has 0 aromatic heterocycles. The summed E-state index contributed by atoms with van der Waals surface area (Å²) in [4.78, 5) is 24.7. The molecule has 4 aliphatic rings. The lowest BCUT2D eigenvalue weighted by Gasteiger charge is -2.60. The molecule has 28 heavy (non-hydrogen) atoms. The van der Waals surface area contributed by atoms with Crippen LogP contribution in [-0.2, 0) is 14.3 Å². The summed E-state index contributed by atoms with van der Waals surface area (Å²) in [5, 5.41) is 3.86. The molecule has 5 rings (SSSR count). The van der Waals surface area contributed by atoms with Crippen molar-refractivity contribution in [2.75, 3.05) is 13.2 Å². The number of nitrogens with one attached hydrogen (secondary N) is 1. The molecule has 4 fully saturated rings. The molecule has 152 valence electrons. The van der Waals surface area contributed by atoms with Gasteiger partial charge in [0.05, 0.1) is 18.6 Å². The second-order valence-electron chi connectivity index (χ2n) is 8.99. The number of benzene rings is 1. The third-order valence-corrected chi connectivity index (χ3v) is 6.79. The van der Waals surface area contributed by atoms with Gasteiger partial charge in [-0.2, -0.15) is 0 Å². The normalized spacial score (nSPS) is 32.8. The fourth-order valence-corrected chi connectivity index (χ4v) is 6.24. The maximum absolute atomic E-state index is 13.0. The van der Waals surface area contributed by atoms with Gasteiger partial charge in [0.1, 0.15) is 5.75 Å². The van der Waals surface area contributed by atoms with E-state index in [1.54, 1.807) is 19.1 Å². The summed E-state index contributed by atoms with van der Waals surface area (Å²) >= 11 is 5.86. The molecule has 2 atom stereocenters. The van der Waals surface area contributed by atoms with Crippen LogP contribution in [0.4, 0.5) is 0 Å². The van der Waals surface area contributed by atoms with Crippen LogP contribution in [0.1, 0.15) is 51.9 Å². The van der Waals surface area contributed by atoms with Crippen LogP contribution >= 0.6 is 11.6 Å². The van der Waals surface area contributed by atoms with E-state index in [4.69, 9.17) is 21.1 Å². The number of hydrogen-bond donors (Lipinski definition) is 1. The highest BCUT2D eigenvalue weighted by atomic mass is 35.5. The summed E-state index contributed by atoms with van der Waals surface area (Å²) in [5.41, 5.74) is -0.615. The molecule has 0 saturated heterocycles. The number of esters is 1. The van der Waals surface area contributed by atoms with Gasteiger partial charge in [0.15, 0.2) is 0 Å². The third kappa shape index (κ3) is 4.00. The van der Waals surface area contributed by atoms with Crippen LogP contribution in [0.2, 0.25) is 5.02 Å². The Morgan fingerprint density at radius 2 is 1.79 bits per heavy atom. The van der Waals surface area contributed by atoms with Crippen molar-refractivity contribution in [3.8, 4) is 5.75 Å². The van der Waals surface area contributed by atoms with E-state index in [1.807, 2.05) is 12.1 Å². The van der Waals surface area contributed by atoms with Gasteiger partial charge >= 0.3 is 5.97 Å². The van der Waals surface area contributed by atoms with Gasteiger partial charge in [0.25, 0.3) is 0 Å². The SMILES string of the molecule is CC(=O)NC12CC3CC(C1)CC(C(=O)OCCCOc1ccc(Cl)cc1)(C3)C2. The molecular weight excluding hydrogens is 378 g/mol. The van der Waals surface area contributed by atoms with Gasteiger partial charge in [-0.25, -0.2) is 0 Å². The fourth-order valence-electron chi connectivity index (χ4n) is 6.12. The van der Waals surface area contributed by atoms with E-state index in [2.05, 4.69) is 5.32 Å². The first-order valence-corrected chi connectivity index (χ1v) is 10.6. The highest BCUT2D eigenvalue weighted by Crippen LogP contribution is 2.62. The fraction of sp³-hybridized carbons (Fsp3) is 0.636. The topological polar surface area (TPSA) is 64.6 Å². The summed E-state index contributed by atoms with van der Waals surface area (Å²) < 4.78 is 11.3. The monoisotopic (exact) mass is 405 g/mol. The van der Waals surface area contributed by atoms with Gasteiger partial charge in [-0.3, -0.25) is 9.59 Å². The Bertz CT molecular complexity index is 733. The number of amides is 1. The standard InChI is InChI=1S/C22H28ClNO4/c1-15(25)24-22-12-16-9-17(13-22)11-21(10-16,14-22)20(26)28-8-2-7-27-19-5-3-18(23)4-6-19/h3-6,16-17H,2,7-14H2,1H3,(H,24,25). The number of carbonyl (C=O) groups excluding carboxylic acids is 2. The van der Waals surface area contributed by atoms with Crippen molar-refractivity contribution in [2.24, 2.45) is 17.3 Å². The Balaban J connectivity index is 1.29. The molecule has 0 spiro atoms. The van der Waals surface area contributed by atoms with E-state index in [0.717, 1.165) is 37.9 Å². The summed E-state index contributed by atoms with van der Waals surface area (Å²) in [7, 11) is 0. The average Bonchev–Trinajstić information content (AvgIpc) is 2.60. The average molecular weight is 406 g/mol. The van der Waals surface area contributed by atoms with E-state index >= 15 is 0 Å². The number of ether oxygens (including phenoxy) is 2. The lowest BCUT2D eigenvalue weighted by Crippen LogP contribution is -2.64. The van der Waals surface area contributed by atoms with E-state index in [1.165, 1.54) is 6.42 Å². The molecule has 1 aromatic carbocycles. The van der Waals surface area contributed by atoms with Crippen molar-refractivity contribution >= 4 is 23.5 Å². The molecule has 0 aliphatic heterocycles. The van der Waals surface area contributed by atoms with E-state index < -0.39 is 5.41 Å². The van der Waals surface area contributed by atoms with Crippen LogP contribution < -0.4 is 10.1 Å². The van der Waals surface area contributed by atoms with Crippen LogP contribution in [-0.4, -0.2) is 30.6 Å². The lowest BCUT2D eigenvalue weighted by atomic mass is 9.47. The number of halogens is 1. The molecule has 1 N–H and O–H groups in total. The zero-order valence-electron chi connectivity index (χ0n) is 16.3. The van der Waals surface area contributed by atoms with Crippen LogP contribution in [0.5, 0.6) is 5.75 Å². The Morgan fingerprint density at radius 3 is 2.43 bits per heavy atom. The van der Waals surface area contributed by atoms with Crippen LogP contribution in [0, 0.1) is 17.3 Å². The van der Waals surface area contributed by atoms with Crippen molar-refractivity contribution in [1.82, 2.24) is 5.32 Å². The predicted octanol–water partition coefficient (Wildman–Crippen LogP) is 4.13. The second-order valence-corrected chi connectivity index (χ2v) is 9.43. The van der Waals surface area contributed by atoms with Crippen molar-refractivity contribution in [1.29, 1.82) is 0 Å². The minimum absolute atomic E-state index is 0.00446. The molecule has 4 bridgehead atoms. The molecule has 0 heterocycles. The molecule has 0 radical (unpaired) electrons. The first kappa shape index (κ1) is 19.6. The van der Waals surface area contributed by atoms with Crippen LogP contribution in [0.15, 0.2) is 24.3 Å². The number of rotatable bonds is 7. The maximum atomic E-state index is 13.0. The van der Waals surface area contributed by atoms with Gasteiger partial charge in [0, 0.05) is 23.9 Å². The first-order valence-electron chi connectivity index (χ1n) is 10.2. The zero-order chi connectivity index (χ0) is 19.8.